The Morgan fingerprint density at radius 3 is 2.52 bits per heavy atom. The maximum absolute atomic E-state index is 13.6. The third kappa shape index (κ3) is 2.91. The molecule has 2 aromatic carbocycles. The van der Waals surface area contributed by atoms with Crippen LogP contribution in [-0.4, -0.2) is 16.0 Å². The number of carbonyl (C=O) groups is 1. The van der Waals surface area contributed by atoms with E-state index in [0.29, 0.717) is 22.4 Å². The van der Waals surface area contributed by atoms with Crippen molar-refractivity contribution in [3.8, 4) is 5.75 Å². The van der Waals surface area contributed by atoms with Gasteiger partial charge in [-0.05, 0) is 79.4 Å². The van der Waals surface area contributed by atoms with Crippen LogP contribution >= 0.6 is 0 Å². The molecule has 4 aromatic rings. The monoisotopic (exact) mass is 412 g/mol. The van der Waals surface area contributed by atoms with Crippen LogP contribution in [0.2, 0.25) is 0 Å². The van der Waals surface area contributed by atoms with E-state index in [1.54, 1.807) is 48.7 Å². The second-order valence-corrected chi connectivity index (χ2v) is 7.97. The molecule has 5 rings (SSSR count). The number of hydrogen-bond acceptors (Lipinski definition) is 5. The van der Waals surface area contributed by atoms with Crippen molar-refractivity contribution in [2.75, 3.05) is 4.90 Å². The minimum Gasteiger partial charge on any atom is -0.508 e. The summed E-state index contributed by atoms with van der Waals surface area (Å²) >= 11 is 0. The molecule has 0 spiro atoms. The van der Waals surface area contributed by atoms with Gasteiger partial charge in [-0.25, -0.2) is 4.98 Å². The molecule has 154 valence electrons. The Hall–Kier alpha value is -3.93. The SMILES string of the molecule is Cc1ccnc(N2C(=O)c3oc4cc(C)c(C)cc4c(=O)c3[C@H]2c2cccc(O)c2)c1. The molecule has 1 aliphatic rings. The Kier molecular flexibility index (Phi) is 4.18. The normalized spacial score (nSPS) is 15.5. The number of phenols is 1. The zero-order valence-corrected chi connectivity index (χ0v) is 17.3. The number of aromatic hydroxyl groups is 1. The summed E-state index contributed by atoms with van der Waals surface area (Å²) < 4.78 is 6.02. The number of phenolic OH excluding ortho intramolecular Hbond substituents is 1. The van der Waals surface area contributed by atoms with Crippen LogP contribution in [0.3, 0.4) is 0 Å². The first-order valence-corrected chi connectivity index (χ1v) is 9.98. The highest BCUT2D eigenvalue weighted by Gasteiger charge is 2.44. The first-order valence-electron chi connectivity index (χ1n) is 9.98. The van der Waals surface area contributed by atoms with Gasteiger partial charge >= 0.3 is 0 Å². The van der Waals surface area contributed by atoms with Crippen LogP contribution in [0.1, 0.15) is 44.4 Å². The van der Waals surface area contributed by atoms with Crippen LogP contribution in [0.5, 0.6) is 5.75 Å². The molecule has 3 heterocycles. The molecule has 0 bridgehead atoms. The molecular formula is C25H20N2O4. The van der Waals surface area contributed by atoms with Crippen molar-refractivity contribution in [1.82, 2.24) is 4.98 Å². The van der Waals surface area contributed by atoms with Gasteiger partial charge in [0, 0.05) is 6.20 Å². The average molecular weight is 412 g/mol. The van der Waals surface area contributed by atoms with Gasteiger partial charge in [0.1, 0.15) is 17.2 Å². The highest BCUT2D eigenvalue weighted by Crippen LogP contribution is 2.41. The number of rotatable bonds is 2. The van der Waals surface area contributed by atoms with E-state index >= 15 is 0 Å². The van der Waals surface area contributed by atoms with Gasteiger partial charge in [0.15, 0.2) is 5.43 Å². The minimum absolute atomic E-state index is 0.0115. The van der Waals surface area contributed by atoms with Crippen molar-refractivity contribution < 1.29 is 14.3 Å². The van der Waals surface area contributed by atoms with Crippen molar-refractivity contribution >= 4 is 22.7 Å². The number of aryl methyl sites for hydroxylation is 3. The van der Waals surface area contributed by atoms with Crippen molar-refractivity contribution in [1.29, 1.82) is 0 Å². The number of nitrogens with zero attached hydrogens (tertiary/aromatic N) is 2. The summed E-state index contributed by atoms with van der Waals surface area (Å²) in [5, 5.41) is 10.5. The third-order valence-corrected chi connectivity index (χ3v) is 5.82. The van der Waals surface area contributed by atoms with E-state index < -0.39 is 11.9 Å². The first-order chi connectivity index (χ1) is 14.8. The Morgan fingerprint density at radius 1 is 1.00 bits per heavy atom. The third-order valence-electron chi connectivity index (χ3n) is 5.82. The maximum Gasteiger partial charge on any atom is 0.296 e. The standard InChI is InChI=1S/C25H20N2O4/c1-13-7-8-26-20(9-13)27-22(16-5-4-6-17(28)12-16)21-23(29)18-10-14(2)15(3)11-19(18)31-24(21)25(27)30/h4-12,22,28H,1-3H3/t22-/m1/s1. The van der Waals surface area contributed by atoms with Crippen LogP contribution < -0.4 is 10.3 Å². The molecule has 0 unspecified atom stereocenters. The van der Waals surface area contributed by atoms with E-state index in [9.17, 15) is 14.7 Å². The fourth-order valence-corrected chi connectivity index (χ4v) is 4.13. The molecule has 0 saturated heterocycles. The van der Waals surface area contributed by atoms with Crippen LogP contribution in [0.25, 0.3) is 11.0 Å². The predicted octanol–water partition coefficient (Wildman–Crippen LogP) is 4.57. The van der Waals surface area contributed by atoms with E-state index in [0.717, 1.165) is 16.7 Å². The van der Waals surface area contributed by atoms with Gasteiger partial charge < -0.3 is 9.52 Å². The molecule has 0 fully saturated rings. The van der Waals surface area contributed by atoms with Crippen molar-refractivity contribution in [2.45, 2.75) is 26.8 Å². The molecule has 6 nitrogen and oxygen atoms in total. The Labute approximate surface area is 178 Å². The second kappa shape index (κ2) is 6.80. The van der Waals surface area contributed by atoms with E-state index in [2.05, 4.69) is 4.98 Å². The van der Waals surface area contributed by atoms with Gasteiger partial charge in [-0.1, -0.05) is 12.1 Å². The number of hydrogen-bond donors (Lipinski definition) is 1. The topological polar surface area (TPSA) is 83.6 Å². The molecule has 1 N–H and O–H groups in total. The zero-order valence-electron chi connectivity index (χ0n) is 17.3. The van der Waals surface area contributed by atoms with Gasteiger partial charge in [0.2, 0.25) is 5.76 Å². The van der Waals surface area contributed by atoms with Crippen LogP contribution in [0.4, 0.5) is 5.82 Å². The highest BCUT2D eigenvalue weighted by atomic mass is 16.3. The molecule has 1 aliphatic heterocycles. The lowest BCUT2D eigenvalue weighted by molar-refractivity contribution is 0.0970. The largest absolute Gasteiger partial charge is 0.508 e. The van der Waals surface area contributed by atoms with E-state index in [4.69, 9.17) is 4.42 Å². The van der Waals surface area contributed by atoms with Gasteiger partial charge in [-0.2, -0.15) is 0 Å². The number of pyridine rings is 1. The summed E-state index contributed by atoms with van der Waals surface area (Å²) in [6, 6.07) is 13.0. The molecule has 1 amide bonds. The van der Waals surface area contributed by atoms with Gasteiger partial charge in [0.05, 0.1) is 17.0 Å². The molecule has 6 heteroatoms. The lowest BCUT2D eigenvalue weighted by Crippen LogP contribution is -2.30. The van der Waals surface area contributed by atoms with Gasteiger partial charge in [-0.3, -0.25) is 14.5 Å². The predicted molar refractivity (Wildman–Crippen MR) is 118 cm³/mol. The summed E-state index contributed by atoms with van der Waals surface area (Å²) in [6.45, 7) is 5.77. The smallest absolute Gasteiger partial charge is 0.296 e. The molecule has 1 atom stereocenters. The van der Waals surface area contributed by atoms with Crippen molar-refractivity contribution in [2.24, 2.45) is 0 Å². The lowest BCUT2D eigenvalue weighted by Gasteiger charge is -2.24. The summed E-state index contributed by atoms with van der Waals surface area (Å²) in [4.78, 5) is 33.0. The summed E-state index contributed by atoms with van der Waals surface area (Å²) in [7, 11) is 0. The quantitative estimate of drug-likeness (QED) is 0.521. The molecule has 0 aliphatic carbocycles. The van der Waals surface area contributed by atoms with Crippen molar-refractivity contribution in [3.63, 3.8) is 0 Å². The fraction of sp³-hybridized carbons (Fsp3) is 0.160. The van der Waals surface area contributed by atoms with Crippen LogP contribution in [-0.2, 0) is 0 Å². The van der Waals surface area contributed by atoms with E-state index in [-0.39, 0.29) is 22.5 Å². The molecule has 2 aromatic heterocycles. The lowest BCUT2D eigenvalue weighted by atomic mass is 9.97. The second-order valence-electron chi connectivity index (χ2n) is 7.97. The number of benzene rings is 2. The molecule has 0 saturated carbocycles. The number of fused-ring (bicyclic) bond motifs is 2. The highest BCUT2D eigenvalue weighted by molar-refractivity contribution is 6.10. The number of aromatic nitrogens is 1. The maximum atomic E-state index is 13.6. The van der Waals surface area contributed by atoms with Crippen LogP contribution in [0.15, 0.2) is 63.9 Å². The van der Waals surface area contributed by atoms with Crippen molar-refractivity contribution in [3.05, 3.63) is 98.5 Å². The van der Waals surface area contributed by atoms with Gasteiger partial charge in [0.25, 0.3) is 5.91 Å². The summed E-state index contributed by atoms with van der Waals surface area (Å²) in [6.07, 6.45) is 1.62. The van der Waals surface area contributed by atoms with Crippen LogP contribution in [0, 0.1) is 20.8 Å². The first kappa shape index (κ1) is 19.1. The molecule has 31 heavy (non-hydrogen) atoms. The fourth-order valence-electron chi connectivity index (χ4n) is 4.13. The summed E-state index contributed by atoms with van der Waals surface area (Å²) in [5.74, 6) is 0.0452. The average Bonchev–Trinajstić information content (AvgIpc) is 3.02. The molecule has 0 radical (unpaired) electrons. The number of amides is 1. The Balaban J connectivity index is 1.85. The van der Waals surface area contributed by atoms with E-state index in [1.807, 2.05) is 26.8 Å². The summed E-state index contributed by atoms with van der Waals surface area (Å²) in [5.41, 5.74) is 3.86. The number of anilines is 1. The molecular weight excluding hydrogens is 392 g/mol. The number of carbonyl (C=O) groups excluding carboxylic acids is 1. The van der Waals surface area contributed by atoms with Gasteiger partial charge in [-0.15, -0.1) is 0 Å². The Bertz CT molecular complexity index is 1440. The van der Waals surface area contributed by atoms with E-state index in [1.165, 1.54) is 4.90 Å². The zero-order chi connectivity index (χ0) is 21.9. The minimum atomic E-state index is -0.758. The Morgan fingerprint density at radius 2 is 1.77 bits per heavy atom.